The average Bonchev–Trinajstić information content (AvgIpc) is 3.21. The number of halogens is 3. The predicted molar refractivity (Wildman–Crippen MR) is 92.8 cm³/mol. The smallest absolute Gasteiger partial charge is 0.453 e. The first-order valence-corrected chi connectivity index (χ1v) is 8.45. The van der Waals surface area contributed by atoms with Crippen LogP contribution in [0.4, 0.5) is 13.2 Å². The third kappa shape index (κ3) is 3.35. The van der Waals surface area contributed by atoms with Gasteiger partial charge in [-0.3, -0.25) is 0 Å². The zero-order chi connectivity index (χ0) is 20.8. The molecule has 1 aromatic carbocycles. The lowest BCUT2D eigenvalue weighted by atomic mass is 10.1. The number of fused-ring (bicyclic) bond motifs is 2. The number of carbonyl (C=O) groups excluding carboxylic acids is 1. The Morgan fingerprint density at radius 2 is 2.00 bits per heavy atom. The third-order valence-corrected chi connectivity index (χ3v) is 4.03. The van der Waals surface area contributed by atoms with E-state index in [9.17, 15) is 18.0 Å². The van der Waals surface area contributed by atoms with Crippen molar-refractivity contribution in [1.29, 1.82) is 0 Å². The Labute approximate surface area is 160 Å². The third-order valence-electron chi connectivity index (χ3n) is 4.03. The highest BCUT2D eigenvalue weighted by atomic mass is 19.4. The van der Waals surface area contributed by atoms with Crippen LogP contribution in [0, 0.1) is 6.92 Å². The molecule has 0 saturated heterocycles. The average molecular weight is 406 g/mol. The summed E-state index contributed by atoms with van der Waals surface area (Å²) in [5.41, 5.74) is 0.628. The molecule has 0 unspecified atom stereocenters. The summed E-state index contributed by atoms with van der Waals surface area (Å²) in [6, 6.07) is 7.32. The second kappa shape index (κ2) is 6.76. The molecule has 29 heavy (non-hydrogen) atoms. The van der Waals surface area contributed by atoms with Crippen LogP contribution in [0.5, 0.6) is 11.6 Å². The monoisotopic (exact) mass is 406 g/mol. The van der Waals surface area contributed by atoms with Crippen LogP contribution in [0.3, 0.4) is 0 Å². The molecule has 0 aliphatic carbocycles. The van der Waals surface area contributed by atoms with E-state index in [1.54, 1.807) is 26.0 Å². The molecule has 0 radical (unpaired) electrons. The van der Waals surface area contributed by atoms with Gasteiger partial charge >= 0.3 is 12.1 Å². The standard InChI is InChI=1S/C18H13F3N4O4/c1-3-27-16(26)15-9(2)28-12-5-4-10(8-11(12)15)29-14-7-6-13-22-23-17(18(19,20)21)25(13)24-14/h4-8H,3H2,1-2H3. The van der Waals surface area contributed by atoms with Crippen molar-refractivity contribution in [2.45, 2.75) is 20.0 Å². The maximum atomic E-state index is 13.0. The minimum Gasteiger partial charge on any atom is -0.462 e. The molecule has 11 heteroatoms. The van der Waals surface area contributed by atoms with Crippen molar-refractivity contribution >= 4 is 22.6 Å². The largest absolute Gasteiger partial charge is 0.462 e. The number of alkyl halides is 3. The van der Waals surface area contributed by atoms with Gasteiger partial charge in [0.15, 0.2) is 5.65 Å². The number of benzene rings is 1. The number of aromatic nitrogens is 4. The molecule has 0 atom stereocenters. The maximum absolute atomic E-state index is 13.0. The molecule has 0 saturated carbocycles. The molecule has 0 aliphatic rings. The van der Waals surface area contributed by atoms with Crippen molar-refractivity contribution in [2.24, 2.45) is 0 Å². The number of carbonyl (C=O) groups is 1. The van der Waals surface area contributed by atoms with Crippen LogP contribution in [0.1, 0.15) is 28.9 Å². The second-order valence-corrected chi connectivity index (χ2v) is 5.98. The van der Waals surface area contributed by atoms with E-state index >= 15 is 0 Å². The number of rotatable bonds is 4. The summed E-state index contributed by atoms with van der Waals surface area (Å²) in [5, 5.41) is 10.8. The van der Waals surface area contributed by atoms with E-state index in [0.29, 0.717) is 21.2 Å². The Bertz CT molecular complexity index is 1230. The summed E-state index contributed by atoms with van der Waals surface area (Å²) >= 11 is 0. The lowest BCUT2D eigenvalue weighted by Crippen LogP contribution is -2.12. The molecular weight excluding hydrogens is 393 g/mol. The molecule has 4 rings (SSSR count). The fourth-order valence-electron chi connectivity index (χ4n) is 2.84. The Hall–Kier alpha value is -3.63. The molecule has 0 spiro atoms. The number of nitrogens with zero attached hydrogens (tertiary/aromatic N) is 4. The van der Waals surface area contributed by atoms with Gasteiger partial charge in [-0.1, -0.05) is 0 Å². The lowest BCUT2D eigenvalue weighted by molar-refractivity contribution is -0.146. The van der Waals surface area contributed by atoms with Gasteiger partial charge in [0.05, 0.1) is 6.61 Å². The minimum absolute atomic E-state index is 0.0739. The molecule has 4 aromatic rings. The van der Waals surface area contributed by atoms with Crippen LogP contribution in [-0.4, -0.2) is 32.4 Å². The van der Waals surface area contributed by atoms with E-state index in [4.69, 9.17) is 13.9 Å². The number of esters is 1. The van der Waals surface area contributed by atoms with Gasteiger partial charge < -0.3 is 13.9 Å². The van der Waals surface area contributed by atoms with E-state index in [1.165, 1.54) is 18.2 Å². The molecule has 0 fully saturated rings. The number of furan rings is 1. The molecule has 150 valence electrons. The minimum atomic E-state index is -4.72. The van der Waals surface area contributed by atoms with Gasteiger partial charge in [0.1, 0.15) is 22.7 Å². The molecular formula is C18H13F3N4O4. The van der Waals surface area contributed by atoms with E-state index < -0.39 is 18.0 Å². The van der Waals surface area contributed by atoms with Gasteiger partial charge in [0.25, 0.3) is 5.82 Å². The van der Waals surface area contributed by atoms with Gasteiger partial charge in [-0.25, -0.2) is 4.79 Å². The SMILES string of the molecule is CCOC(=O)c1c(C)oc2ccc(Oc3ccc4nnc(C(F)(F)F)n4n3)cc12. The molecule has 0 aliphatic heterocycles. The Morgan fingerprint density at radius 3 is 2.72 bits per heavy atom. The van der Waals surface area contributed by atoms with E-state index in [-0.39, 0.29) is 29.4 Å². The number of ether oxygens (including phenoxy) is 2. The van der Waals surface area contributed by atoms with Crippen molar-refractivity contribution in [3.63, 3.8) is 0 Å². The molecule has 8 nitrogen and oxygen atoms in total. The topological polar surface area (TPSA) is 91.8 Å². The zero-order valence-corrected chi connectivity index (χ0v) is 15.1. The van der Waals surface area contributed by atoms with E-state index in [0.717, 1.165) is 0 Å². The van der Waals surface area contributed by atoms with Crippen LogP contribution in [-0.2, 0) is 10.9 Å². The summed E-state index contributed by atoms with van der Waals surface area (Å²) in [5.74, 6) is -1.28. The van der Waals surface area contributed by atoms with Crippen LogP contribution in [0.15, 0.2) is 34.7 Å². The predicted octanol–water partition coefficient (Wildman–Crippen LogP) is 4.17. The molecule has 3 aromatic heterocycles. The second-order valence-electron chi connectivity index (χ2n) is 5.98. The first kappa shape index (κ1) is 18.7. The van der Waals surface area contributed by atoms with Gasteiger partial charge in [-0.05, 0) is 38.1 Å². The van der Waals surface area contributed by atoms with Crippen molar-refractivity contribution in [2.75, 3.05) is 6.61 Å². The van der Waals surface area contributed by atoms with Crippen molar-refractivity contribution < 1.29 is 31.9 Å². The summed E-state index contributed by atoms with van der Waals surface area (Å²) in [4.78, 5) is 12.2. The Morgan fingerprint density at radius 1 is 1.21 bits per heavy atom. The van der Waals surface area contributed by atoms with Gasteiger partial charge in [0, 0.05) is 11.5 Å². The first-order chi connectivity index (χ1) is 13.8. The summed E-state index contributed by atoms with van der Waals surface area (Å²) < 4.78 is 55.8. The maximum Gasteiger partial charge on any atom is 0.453 e. The fourth-order valence-corrected chi connectivity index (χ4v) is 2.84. The van der Waals surface area contributed by atoms with Crippen molar-refractivity contribution in [3.05, 3.63) is 47.5 Å². The Kier molecular flexibility index (Phi) is 4.36. The number of hydrogen-bond donors (Lipinski definition) is 0. The quantitative estimate of drug-likeness (QED) is 0.470. The first-order valence-electron chi connectivity index (χ1n) is 8.45. The highest BCUT2D eigenvalue weighted by molar-refractivity contribution is 6.04. The summed E-state index contributed by atoms with van der Waals surface area (Å²) in [6.45, 7) is 3.52. The van der Waals surface area contributed by atoms with Gasteiger partial charge in [0.2, 0.25) is 5.88 Å². The van der Waals surface area contributed by atoms with Crippen LogP contribution in [0.2, 0.25) is 0 Å². The van der Waals surface area contributed by atoms with E-state index in [1.807, 2.05) is 0 Å². The van der Waals surface area contributed by atoms with Gasteiger partial charge in [-0.15, -0.1) is 15.3 Å². The van der Waals surface area contributed by atoms with Crippen molar-refractivity contribution in [1.82, 2.24) is 19.8 Å². The summed E-state index contributed by atoms with van der Waals surface area (Å²) in [6.07, 6.45) is -4.72. The van der Waals surface area contributed by atoms with Crippen molar-refractivity contribution in [3.8, 4) is 11.6 Å². The van der Waals surface area contributed by atoms with Crippen LogP contribution >= 0.6 is 0 Å². The molecule has 0 N–H and O–H groups in total. The number of aryl methyl sites for hydroxylation is 1. The van der Waals surface area contributed by atoms with Crippen LogP contribution in [0.25, 0.3) is 16.6 Å². The van der Waals surface area contributed by atoms with E-state index in [2.05, 4.69) is 15.3 Å². The van der Waals surface area contributed by atoms with Crippen LogP contribution < -0.4 is 4.74 Å². The molecule has 0 amide bonds. The zero-order valence-electron chi connectivity index (χ0n) is 15.1. The highest BCUT2D eigenvalue weighted by Gasteiger charge is 2.37. The highest BCUT2D eigenvalue weighted by Crippen LogP contribution is 2.32. The molecule has 0 bridgehead atoms. The molecule has 3 heterocycles. The number of hydrogen-bond acceptors (Lipinski definition) is 7. The van der Waals surface area contributed by atoms with Gasteiger partial charge in [-0.2, -0.15) is 17.7 Å². The normalized spacial score (nSPS) is 11.9. The fraction of sp³-hybridized carbons (Fsp3) is 0.222. The Balaban J connectivity index is 1.72. The lowest BCUT2D eigenvalue weighted by Gasteiger charge is -2.07. The summed E-state index contributed by atoms with van der Waals surface area (Å²) in [7, 11) is 0.